The molecule has 21 heavy (non-hydrogen) atoms. The Morgan fingerprint density at radius 3 is 2.52 bits per heavy atom. The van der Waals surface area contributed by atoms with E-state index in [4.69, 9.17) is 16.7 Å². The van der Waals surface area contributed by atoms with Crippen molar-refractivity contribution in [2.45, 2.75) is 19.4 Å². The number of hydrogen-bond acceptors (Lipinski definition) is 3. The lowest BCUT2D eigenvalue weighted by atomic mass is 10.1. The number of halogens is 1. The molecule has 1 aliphatic rings. The normalized spacial score (nSPS) is 17.5. The van der Waals surface area contributed by atoms with E-state index in [1.54, 1.807) is 24.0 Å². The maximum atomic E-state index is 12.2. The summed E-state index contributed by atoms with van der Waals surface area (Å²) in [4.78, 5) is 26.9. The van der Waals surface area contributed by atoms with E-state index < -0.39 is 12.0 Å². The van der Waals surface area contributed by atoms with Gasteiger partial charge in [-0.25, -0.2) is 0 Å². The molecule has 1 heterocycles. The molecule has 0 spiro atoms. The van der Waals surface area contributed by atoms with E-state index in [9.17, 15) is 9.59 Å². The molecular formula is C15H19ClN2O3. The van der Waals surface area contributed by atoms with Gasteiger partial charge in [0.15, 0.2) is 0 Å². The summed E-state index contributed by atoms with van der Waals surface area (Å²) in [7, 11) is 0. The number of piperazine rings is 1. The second kappa shape index (κ2) is 6.91. The number of carbonyl (C=O) groups is 2. The van der Waals surface area contributed by atoms with Gasteiger partial charge in [-0.05, 0) is 24.6 Å². The summed E-state index contributed by atoms with van der Waals surface area (Å²) >= 11 is 5.91. The molecule has 1 N–H and O–H groups in total. The molecule has 1 fully saturated rings. The molecule has 1 aromatic carbocycles. The maximum absolute atomic E-state index is 12.2. The van der Waals surface area contributed by atoms with Gasteiger partial charge in [0, 0.05) is 31.2 Å². The minimum atomic E-state index is -0.825. The van der Waals surface area contributed by atoms with Crippen LogP contribution in [0.15, 0.2) is 24.3 Å². The summed E-state index contributed by atoms with van der Waals surface area (Å²) in [6.07, 6.45) is 0.328. The third-order valence-electron chi connectivity index (χ3n) is 3.82. The summed E-state index contributed by atoms with van der Waals surface area (Å²) in [5.41, 5.74) is 0.897. The number of carboxylic acids is 1. The van der Waals surface area contributed by atoms with Gasteiger partial charge >= 0.3 is 5.97 Å². The third-order valence-corrected chi connectivity index (χ3v) is 4.05. The molecule has 0 bridgehead atoms. The Kier molecular flexibility index (Phi) is 5.20. The summed E-state index contributed by atoms with van der Waals surface area (Å²) in [5, 5.41) is 9.62. The molecule has 5 nitrogen and oxygen atoms in total. The number of carboxylic acid groups (broad SMARTS) is 1. The van der Waals surface area contributed by atoms with Gasteiger partial charge in [0.1, 0.15) is 6.04 Å². The highest BCUT2D eigenvalue weighted by Gasteiger charge is 2.27. The minimum Gasteiger partial charge on any atom is -0.480 e. The fourth-order valence-electron chi connectivity index (χ4n) is 2.45. The highest BCUT2D eigenvalue weighted by atomic mass is 35.5. The molecule has 1 aliphatic heterocycles. The second-order valence-corrected chi connectivity index (χ2v) is 5.67. The van der Waals surface area contributed by atoms with Crippen LogP contribution in [0.25, 0.3) is 0 Å². The number of hydrogen-bond donors (Lipinski definition) is 1. The Balaban J connectivity index is 1.87. The molecule has 114 valence electrons. The Hall–Kier alpha value is -1.59. The van der Waals surface area contributed by atoms with Crippen LogP contribution in [0, 0.1) is 0 Å². The zero-order valence-electron chi connectivity index (χ0n) is 12.0. The monoisotopic (exact) mass is 310 g/mol. The van der Waals surface area contributed by atoms with Crippen LogP contribution in [-0.2, 0) is 16.0 Å². The van der Waals surface area contributed by atoms with Gasteiger partial charge in [-0.2, -0.15) is 0 Å². The van der Waals surface area contributed by atoms with Crippen LogP contribution in [-0.4, -0.2) is 59.0 Å². The first-order valence-electron chi connectivity index (χ1n) is 6.96. The predicted molar refractivity (Wildman–Crippen MR) is 80.4 cm³/mol. The fraction of sp³-hybridized carbons (Fsp3) is 0.467. The molecule has 1 atom stereocenters. The van der Waals surface area contributed by atoms with Crippen molar-refractivity contribution in [2.24, 2.45) is 0 Å². The predicted octanol–water partition coefficient (Wildman–Crippen LogP) is 1.50. The van der Waals surface area contributed by atoms with Crippen molar-refractivity contribution in [2.75, 3.05) is 26.2 Å². The molecule has 6 heteroatoms. The van der Waals surface area contributed by atoms with Crippen molar-refractivity contribution in [3.63, 3.8) is 0 Å². The Bertz CT molecular complexity index is 527. The summed E-state index contributed by atoms with van der Waals surface area (Å²) in [6.45, 7) is 3.99. The van der Waals surface area contributed by atoms with Crippen LogP contribution >= 0.6 is 11.6 Å². The summed E-state index contributed by atoms with van der Waals surface area (Å²) in [5.74, 6) is -0.770. The van der Waals surface area contributed by atoms with Crippen LogP contribution in [0.2, 0.25) is 5.02 Å². The summed E-state index contributed by atoms with van der Waals surface area (Å²) in [6, 6.07) is 6.78. The van der Waals surface area contributed by atoms with Crippen LogP contribution in [0.3, 0.4) is 0 Å². The first-order chi connectivity index (χ1) is 9.97. The van der Waals surface area contributed by atoms with Crippen molar-refractivity contribution in [3.05, 3.63) is 34.9 Å². The van der Waals surface area contributed by atoms with Gasteiger partial charge in [0.25, 0.3) is 0 Å². The number of benzene rings is 1. The van der Waals surface area contributed by atoms with E-state index in [2.05, 4.69) is 0 Å². The lowest BCUT2D eigenvalue weighted by Gasteiger charge is -2.36. The lowest BCUT2D eigenvalue weighted by molar-refractivity contribution is -0.144. The Morgan fingerprint density at radius 2 is 1.95 bits per heavy atom. The summed E-state index contributed by atoms with van der Waals surface area (Å²) < 4.78 is 0. The van der Waals surface area contributed by atoms with Crippen molar-refractivity contribution in [1.29, 1.82) is 0 Å². The molecule has 2 rings (SSSR count). The van der Waals surface area contributed by atoms with Crippen molar-refractivity contribution in [3.8, 4) is 0 Å². The molecule has 1 aromatic rings. The zero-order chi connectivity index (χ0) is 15.4. The molecule has 0 saturated carbocycles. The number of carbonyl (C=O) groups excluding carboxylic acids is 1. The van der Waals surface area contributed by atoms with E-state index in [-0.39, 0.29) is 5.91 Å². The van der Waals surface area contributed by atoms with E-state index in [1.807, 2.05) is 17.0 Å². The van der Waals surface area contributed by atoms with Gasteiger partial charge in [-0.3, -0.25) is 14.5 Å². The average Bonchev–Trinajstić information content (AvgIpc) is 2.46. The molecule has 0 radical (unpaired) electrons. The highest BCUT2D eigenvalue weighted by molar-refractivity contribution is 6.30. The van der Waals surface area contributed by atoms with Crippen molar-refractivity contribution in [1.82, 2.24) is 9.80 Å². The maximum Gasteiger partial charge on any atom is 0.320 e. The fourth-order valence-corrected chi connectivity index (χ4v) is 2.66. The molecule has 1 amide bonds. The van der Waals surface area contributed by atoms with Gasteiger partial charge in [0.2, 0.25) is 5.91 Å². The second-order valence-electron chi connectivity index (χ2n) is 5.24. The Morgan fingerprint density at radius 1 is 1.29 bits per heavy atom. The first kappa shape index (κ1) is 15.8. The minimum absolute atomic E-state index is 0.0555. The largest absolute Gasteiger partial charge is 0.480 e. The number of rotatable bonds is 4. The average molecular weight is 311 g/mol. The smallest absolute Gasteiger partial charge is 0.320 e. The molecule has 0 aromatic heterocycles. The quantitative estimate of drug-likeness (QED) is 0.915. The topological polar surface area (TPSA) is 60.9 Å². The standard InChI is InChI=1S/C15H19ClN2O3/c1-11(15(20)21)17-5-7-18(8-6-17)14(19)10-12-3-2-4-13(16)9-12/h2-4,9,11H,5-8,10H2,1H3,(H,20,21). The zero-order valence-corrected chi connectivity index (χ0v) is 12.7. The molecule has 1 saturated heterocycles. The van der Waals surface area contributed by atoms with Gasteiger partial charge in [-0.15, -0.1) is 0 Å². The third kappa shape index (κ3) is 4.19. The highest BCUT2D eigenvalue weighted by Crippen LogP contribution is 2.13. The van der Waals surface area contributed by atoms with E-state index >= 15 is 0 Å². The SMILES string of the molecule is CC(C(=O)O)N1CCN(C(=O)Cc2cccc(Cl)c2)CC1. The van der Waals surface area contributed by atoms with Crippen LogP contribution in [0.4, 0.5) is 0 Å². The number of amides is 1. The van der Waals surface area contributed by atoms with E-state index in [0.717, 1.165) is 5.56 Å². The van der Waals surface area contributed by atoms with Crippen molar-refractivity contribution >= 4 is 23.5 Å². The van der Waals surface area contributed by atoms with E-state index in [0.29, 0.717) is 37.6 Å². The van der Waals surface area contributed by atoms with Gasteiger partial charge in [-0.1, -0.05) is 23.7 Å². The van der Waals surface area contributed by atoms with Crippen LogP contribution in [0.5, 0.6) is 0 Å². The van der Waals surface area contributed by atoms with Crippen LogP contribution in [0.1, 0.15) is 12.5 Å². The lowest BCUT2D eigenvalue weighted by Crippen LogP contribution is -2.53. The first-order valence-corrected chi connectivity index (χ1v) is 7.34. The van der Waals surface area contributed by atoms with E-state index in [1.165, 1.54) is 0 Å². The molecule has 0 aliphatic carbocycles. The number of aliphatic carboxylic acids is 1. The van der Waals surface area contributed by atoms with Gasteiger partial charge < -0.3 is 10.0 Å². The molecular weight excluding hydrogens is 292 g/mol. The van der Waals surface area contributed by atoms with Gasteiger partial charge in [0.05, 0.1) is 6.42 Å². The van der Waals surface area contributed by atoms with Crippen molar-refractivity contribution < 1.29 is 14.7 Å². The number of nitrogens with zero attached hydrogens (tertiary/aromatic N) is 2. The van der Waals surface area contributed by atoms with Crippen LogP contribution < -0.4 is 0 Å². The molecule has 1 unspecified atom stereocenters. The Labute approximate surface area is 129 Å².